The number of nitrogens with zero attached hydrogens (tertiary/aromatic N) is 1. The number of hydrogen-bond acceptors (Lipinski definition) is 6. The van der Waals surface area contributed by atoms with E-state index in [-0.39, 0.29) is 29.7 Å². The Labute approximate surface area is 165 Å². The van der Waals surface area contributed by atoms with Crippen LogP contribution >= 0.6 is 0 Å². The number of carbonyl (C=O) groups is 3. The van der Waals surface area contributed by atoms with Gasteiger partial charge in [-0.25, -0.2) is 8.42 Å². The van der Waals surface area contributed by atoms with Gasteiger partial charge in [0.25, 0.3) is 0 Å². The number of amides is 1. The minimum Gasteiger partial charge on any atom is -0.548 e. The molecule has 1 saturated heterocycles. The smallest absolute Gasteiger partial charge is 0.243 e. The molecule has 1 aromatic rings. The fraction of sp³-hybridized carbons (Fsp3) is 0.526. The number of sulfonamides is 1. The first-order valence-electron chi connectivity index (χ1n) is 9.16. The van der Waals surface area contributed by atoms with Gasteiger partial charge in [-0.2, -0.15) is 4.31 Å². The Morgan fingerprint density at radius 3 is 2.29 bits per heavy atom. The molecule has 0 aliphatic carbocycles. The van der Waals surface area contributed by atoms with Crippen molar-refractivity contribution in [2.24, 2.45) is 11.8 Å². The molecule has 1 amide bonds. The van der Waals surface area contributed by atoms with Crippen molar-refractivity contribution in [1.29, 1.82) is 0 Å². The van der Waals surface area contributed by atoms with Crippen molar-refractivity contribution >= 4 is 27.7 Å². The lowest BCUT2D eigenvalue weighted by molar-refractivity contribution is -0.309. The van der Waals surface area contributed by atoms with E-state index >= 15 is 0 Å². The summed E-state index contributed by atoms with van der Waals surface area (Å²) in [6.45, 7) is 4.95. The third-order valence-corrected chi connectivity index (χ3v) is 6.75. The molecule has 28 heavy (non-hydrogen) atoms. The fourth-order valence-electron chi connectivity index (χ4n) is 3.15. The Balaban J connectivity index is 2.14. The van der Waals surface area contributed by atoms with E-state index in [2.05, 4.69) is 5.32 Å². The van der Waals surface area contributed by atoms with Gasteiger partial charge in [-0.05, 0) is 37.8 Å². The summed E-state index contributed by atoms with van der Waals surface area (Å²) in [4.78, 5) is 35.1. The van der Waals surface area contributed by atoms with Gasteiger partial charge < -0.3 is 15.2 Å². The molecule has 1 heterocycles. The van der Waals surface area contributed by atoms with E-state index in [4.69, 9.17) is 0 Å². The Morgan fingerprint density at radius 2 is 1.79 bits per heavy atom. The van der Waals surface area contributed by atoms with E-state index in [0.29, 0.717) is 18.4 Å². The largest absolute Gasteiger partial charge is 0.548 e. The molecular weight excluding hydrogens is 384 g/mol. The van der Waals surface area contributed by atoms with Crippen molar-refractivity contribution in [1.82, 2.24) is 9.62 Å². The summed E-state index contributed by atoms with van der Waals surface area (Å²) in [5, 5.41) is 13.6. The summed E-state index contributed by atoms with van der Waals surface area (Å²) in [7, 11) is -3.82. The zero-order valence-corrected chi connectivity index (χ0v) is 17.0. The molecule has 154 valence electrons. The van der Waals surface area contributed by atoms with Gasteiger partial charge in [0.05, 0.1) is 22.8 Å². The third kappa shape index (κ3) is 4.96. The highest BCUT2D eigenvalue weighted by Crippen LogP contribution is 2.24. The minimum atomic E-state index is -3.82. The van der Waals surface area contributed by atoms with E-state index in [1.54, 1.807) is 13.8 Å². The highest BCUT2D eigenvalue weighted by molar-refractivity contribution is 7.89. The number of rotatable bonds is 7. The summed E-state index contributed by atoms with van der Waals surface area (Å²) in [5.41, 5.74) is 0.414. The van der Waals surface area contributed by atoms with E-state index in [0.717, 1.165) is 0 Å². The van der Waals surface area contributed by atoms with Crippen LogP contribution in [0.4, 0.5) is 0 Å². The second-order valence-corrected chi connectivity index (χ2v) is 9.27. The summed E-state index contributed by atoms with van der Waals surface area (Å²) in [6, 6.07) is 4.53. The van der Waals surface area contributed by atoms with Gasteiger partial charge in [0, 0.05) is 18.7 Å². The van der Waals surface area contributed by atoms with Crippen molar-refractivity contribution in [3.63, 3.8) is 0 Å². The SMILES string of the molecule is CC(=O)c1ccc(S(=O)(=O)N2CCC[C@H](C(=O)N[C@H](C(=O)[O-])C(C)C)C2)cc1. The maximum absolute atomic E-state index is 12.9. The molecule has 9 heteroatoms. The summed E-state index contributed by atoms with van der Waals surface area (Å²) < 4.78 is 27.0. The van der Waals surface area contributed by atoms with Gasteiger partial charge in [0.15, 0.2) is 5.78 Å². The zero-order valence-electron chi connectivity index (χ0n) is 16.2. The normalized spacial score (nSPS) is 19.2. The third-order valence-electron chi connectivity index (χ3n) is 4.87. The maximum Gasteiger partial charge on any atom is 0.243 e. The van der Waals surface area contributed by atoms with Crippen LogP contribution in [0, 0.1) is 11.8 Å². The number of benzene rings is 1. The fourth-order valence-corrected chi connectivity index (χ4v) is 4.68. The summed E-state index contributed by atoms with van der Waals surface area (Å²) in [5.74, 6) is -3.01. The molecule has 1 N–H and O–H groups in total. The molecule has 2 rings (SSSR count). The lowest BCUT2D eigenvalue weighted by Gasteiger charge is -2.33. The second kappa shape index (κ2) is 8.83. The van der Waals surface area contributed by atoms with Gasteiger partial charge in [0.2, 0.25) is 15.9 Å². The van der Waals surface area contributed by atoms with Crippen LogP contribution in [0.3, 0.4) is 0 Å². The molecule has 0 aromatic heterocycles. The molecule has 1 aromatic carbocycles. The first kappa shape index (κ1) is 22.0. The van der Waals surface area contributed by atoms with Crippen molar-refractivity contribution in [2.45, 2.75) is 44.6 Å². The molecule has 0 radical (unpaired) electrons. The number of carbonyl (C=O) groups excluding carboxylic acids is 3. The Bertz CT molecular complexity index is 848. The first-order chi connectivity index (χ1) is 13.0. The average molecular weight is 409 g/mol. The number of carboxylic acids is 1. The van der Waals surface area contributed by atoms with Crippen LogP contribution in [0.25, 0.3) is 0 Å². The van der Waals surface area contributed by atoms with Gasteiger partial charge >= 0.3 is 0 Å². The van der Waals surface area contributed by atoms with E-state index in [1.165, 1.54) is 35.5 Å². The van der Waals surface area contributed by atoms with Crippen LogP contribution < -0.4 is 10.4 Å². The van der Waals surface area contributed by atoms with Crippen molar-refractivity contribution in [3.8, 4) is 0 Å². The van der Waals surface area contributed by atoms with E-state index < -0.39 is 33.9 Å². The molecule has 0 saturated carbocycles. The van der Waals surface area contributed by atoms with Crippen molar-refractivity contribution in [3.05, 3.63) is 29.8 Å². The van der Waals surface area contributed by atoms with Crippen LogP contribution in [0.5, 0.6) is 0 Å². The topological polar surface area (TPSA) is 124 Å². The number of carboxylic acid groups (broad SMARTS) is 1. The highest BCUT2D eigenvalue weighted by atomic mass is 32.2. The lowest BCUT2D eigenvalue weighted by atomic mass is 9.97. The average Bonchev–Trinajstić information content (AvgIpc) is 2.65. The predicted octanol–water partition coefficient (Wildman–Crippen LogP) is 0.181. The van der Waals surface area contributed by atoms with Crippen LogP contribution in [0.1, 0.15) is 44.0 Å². The van der Waals surface area contributed by atoms with Gasteiger partial charge in [-0.15, -0.1) is 0 Å². The zero-order chi connectivity index (χ0) is 21.1. The maximum atomic E-state index is 12.9. The molecule has 0 spiro atoms. The number of piperidine rings is 1. The second-order valence-electron chi connectivity index (χ2n) is 7.33. The van der Waals surface area contributed by atoms with Crippen molar-refractivity contribution < 1.29 is 27.9 Å². The van der Waals surface area contributed by atoms with Gasteiger partial charge in [-0.3, -0.25) is 9.59 Å². The molecule has 1 fully saturated rings. The minimum absolute atomic E-state index is 0.0273. The standard InChI is InChI=1S/C19H26N2O6S/c1-12(2)17(19(24)25)20-18(23)15-5-4-10-21(11-15)28(26,27)16-8-6-14(7-9-16)13(3)22/h6-9,12,15,17H,4-5,10-11H2,1-3H3,(H,20,23)(H,24,25)/p-1/t15-,17-/m0/s1. The molecule has 1 aliphatic heterocycles. The Hall–Kier alpha value is -2.26. The molecule has 0 bridgehead atoms. The van der Waals surface area contributed by atoms with Crippen LogP contribution in [0.2, 0.25) is 0 Å². The van der Waals surface area contributed by atoms with E-state index in [9.17, 15) is 27.9 Å². The lowest BCUT2D eigenvalue weighted by Crippen LogP contribution is -2.54. The number of hydrogen-bond donors (Lipinski definition) is 1. The van der Waals surface area contributed by atoms with Crippen LogP contribution in [-0.2, 0) is 19.6 Å². The molecule has 2 atom stereocenters. The first-order valence-corrected chi connectivity index (χ1v) is 10.6. The monoisotopic (exact) mass is 409 g/mol. The predicted molar refractivity (Wildman–Crippen MR) is 99.7 cm³/mol. The highest BCUT2D eigenvalue weighted by Gasteiger charge is 2.34. The number of nitrogens with one attached hydrogen (secondary N) is 1. The number of ketones is 1. The molecular formula is C19H25N2O6S-. The molecule has 8 nitrogen and oxygen atoms in total. The number of aliphatic carboxylic acids is 1. The Kier molecular flexibility index (Phi) is 6.95. The quantitative estimate of drug-likeness (QED) is 0.641. The molecule has 0 unspecified atom stereocenters. The van der Waals surface area contributed by atoms with Crippen LogP contribution in [-0.4, -0.2) is 49.5 Å². The van der Waals surface area contributed by atoms with E-state index in [1.807, 2.05) is 0 Å². The van der Waals surface area contributed by atoms with Gasteiger partial charge in [-0.1, -0.05) is 26.0 Å². The number of Topliss-reactive ketones (excluding diaryl/α,β-unsaturated/α-hetero) is 1. The van der Waals surface area contributed by atoms with Crippen molar-refractivity contribution in [2.75, 3.05) is 13.1 Å². The molecule has 1 aliphatic rings. The van der Waals surface area contributed by atoms with Crippen LogP contribution in [0.15, 0.2) is 29.2 Å². The summed E-state index contributed by atoms with van der Waals surface area (Å²) in [6.07, 6.45) is 0.958. The Morgan fingerprint density at radius 1 is 1.18 bits per heavy atom. The van der Waals surface area contributed by atoms with Gasteiger partial charge in [0.1, 0.15) is 0 Å². The summed E-state index contributed by atoms with van der Waals surface area (Å²) >= 11 is 0.